The Morgan fingerprint density at radius 1 is 0.933 bits per heavy atom. The number of aromatic nitrogens is 2. The van der Waals surface area contributed by atoms with Crippen molar-refractivity contribution in [1.82, 2.24) is 10.2 Å². The summed E-state index contributed by atoms with van der Waals surface area (Å²) in [5.41, 5.74) is 17.1. The van der Waals surface area contributed by atoms with Gasteiger partial charge in [0.25, 0.3) is 26.0 Å². The lowest BCUT2D eigenvalue weighted by Crippen LogP contribution is -2.12. The van der Waals surface area contributed by atoms with Crippen LogP contribution < -0.4 is 27.1 Å². The van der Waals surface area contributed by atoms with E-state index in [1.807, 2.05) is 0 Å². The number of amides is 1. The summed E-state index contributed by atoms with van der Waals surface area (Å²) in [6.07, 6.45) is 0. The Labute approximate surface area is 176 Å². The molecule has 0 aliphatic rings. The molecule has 0 aliphatic carbocycles. The second-order valence-electron chi connectivity index (χ2n) is 5.54. The van der Waals surface area contributed by atoms with Gasteiger partial charge in [-0.05, 0) is 36.4 Å². The van der Waals surface area contributed by atoms with Crippen molar-refractivity contribution < 1.29 is 21.6 Å². The van der Waals surface area contributed by atoms with Crippen molar-refractivity contribution in [1.29, 1.82) is 0 Å². The number of benzene rings is 2. The van der Waals surface area contributed by atoms with Gasteiger partial charge in [-0.25, -0.2) is 22.0 Å². The van der Waals surface area contributed by atoms with Gasteiger partial charge in [-0.2, -0.15) is 0 Å². The van der Waals surface area contributed by atoms with E-state index in [2.05, 4.69) is 14.9 Å². The molecule has 160 valence electrons. The highest BCUT2D eigenvalue weighted by Crippen LogP contribution is 2.22. The lowest BCUT2D eigenvalue weighted by atomic mass is 10.2. The van der Waals surface area contributed by atoms with Crippen LogP contribution in [0.4, 0.5) is 16.5 Å². The van der Waals surface area contributed by atoms with E-state index in [-0.39, 0.29) is 10.0 Å². The summed E-state index contributed by atoms with van der Waals surface area (Å²) in [7, 11) is -7.91. The van der Waals surface area contributed by atoms with Crippen molar-refractivity contribution in [2.45, 2.75) is 9.24 Å². The zero-order valence-electron chi connectivity index (χ0n) is 15.1. The molecule has 15 heteroatoms. The lowest BCUT2D eigenvalue weighted by Gasteiger charge is -2.04. The summed E-state index contributed by atoms with van der Waals surface area (Å²) in [4.78, 5) is 10.5. The Morgan fingerprint density at radius 3 is 2.00 bits per heavy atom. The number of nitrogens with one attached hydrogen (secondary N) is 1. The fourth-order valence-corrected chi connectivity index (χ4v) is 4.47. The molecule has 0 fully saturated rings. The molecule has 1 amide bonds. The van der Waals surface area contributed by atoms with Gasteiger partial charge in [0.1, 0.15) is 0 Å². The molecule has 12 nitrogen and oxygen atoms in total. The van der Waals surface area contributed by atoms with Crippen LogP contribution in [0.5, 0.6) is 0 Å². The quantitative estimate of drug-likeness (QED) is 0.313. The number of nitrogens with zero attached hydrogens (tertiary/aromatic N) is 2. The molecule has 0 aliphatic heterocycles. The molecular weight excluding hydrogens is 454 g/mol. The smallest absolute Gasteiger partial charge is 0.267 e. The molecule has 3 aromatic rings. The van der Waals surface area contributed by atoms with E-state index in [1.54, 1.807) is 24.3 Å². The predicted octanol–water partition coefficient (Wildman–Crippen LogP) is -0.0638. The maximum atomic E-state index is 12.0. The Morgan fingerprint density at radius 2 is 1.53 bits per heavy atom. The first-order valence-electron chi connectivity index (χ1n) is 7.79. The summed E-state index contributed by atoms with van der Waals surface area (Å²) >= 11 is 0.514. The number of hydrogen-bond acceptors (Lipinski definition) is 10. The fraction of sp³-hybridized carbons (Fsp3) is 0. The van der Waals surface area contributed by atoms with E-state index in [9.17, 15) is 21.6 Å². The maximum absolute atomic E-state index is 12.0. The van der Waals surface area contributed by atoms with Crippen LogP contribution in [0.25, 0.3) is 0 Å². The topological polar surface area (TPSA) is 227 Å². The van der Waals surface area contributed by atoms with E-state index in [0.29, 0.717) is 28.3 Å². The highest BCUT2D eigenvalue weighted by Gasteiger charge is 2.20. The SMILES string of the molecule is NC(=O)c1ccccc1N.Nc1ccc(S(=O)(=O)Nc2nnc(S(N)(=O)=O)s2)cc1. The van der Waals surface area contributed by atoms with Crippen LogP contribution in [0, 0.1) is 0 Å². The summed E-state index contributed by atoms with van der Waals surface area (Å²) in [6, 6.07) is 12.2. The zero-order chi connectivity index (χ0) is 22.5. The molecule has 0 saturated carbocycles. The molecule has 0 saturated heterocycles. The van der Waals surface area contributed by atoms with Crippen LogP contribution in [0.1, 0.15) is 10.4 Å². The number of rotatable bonds is 5. The van der Waals surface area contributed by atoms with E-state index in [0.717, 1.165) is 0 Å². The third kappa shape index (κ3) is 6.11. The molecule has 30 heavy (non-hydrogen) atoms. The van der Waals surface area contributed by atoms with E-state index in [4.69, 9.17) is 22.3 Å². The molecule has 0 bridgehead atoms. The minimum Gasteiger partial charge on any atom is -0.399 e. The molecule has 0 spiro atoms. The van der Waals surface area contributed by atoms with Gasteiger partial charge >= 0.3 is 0 Å². The Balaban J connectivity index is 0.000000269. The number of anilines is 3. The van der Waals surface area contributed by atoms with Crippen LogP contribution in [0.15, 0.2) is 57.8 Å². The minimum atomic E-state index is -4.01. The van der Waals surface area contributed by atoms with E-state index >= 15 is 0 Å². The molecule has 1 aromatic heterocycles. The van der Waals surface area contributed by atoms with Crippen molar-refractivity contribution >= 4 is 53.8 Å². The Hall–Kier alpha value is -3.27. The third-order valence-corrected chi connectivity index (χ3v) is 6.92. The van der Waals surface area contributed by atoms with E-state index < -0.39 is 30.3 Å². The number of hydrogen-bond donors (Lipinski definition) is 5. The Kier molecular flexibility index (Phi) is 6.93. The largest absolute Gasteiger partial charge is 0.399 e. The number of carbonyl (C=O) groups is 1. The maximum Gasteiger partial charge on any atom is 0.267 e. The van der Waals surface area contributed by atoms with Crippen molar-refractivity contribution in [3.63, 3.8) is 0 Å². The summed E-state index contributed by atoms with van der Waals surface area (Å²) in [6.45, 7) is 0. The number of sulfonamides is 2. The highest BCUT2D eigenvalue weighted by atomic mass is 32.2. The third-order valence-electron chi connectivity index (χ3n) is 3.29. The molecule has 2 aromatic carbocycles. The summed E-state index contributed by atoms with van der Waals surface area (Å²) < 4.78 is 47.6. The number of carbonyl (C=O) groups excluding carboxylic acids is 1. The predicted molar refractivity (Wildman–Crippen MR) is 112 cm³/mol. The first-order valence-corrected chi connectivity index (χ1v) is 11.6. The second kappa shape index (κ2) is 9.04. The van der Waals surface area contributed by atoms with Gasteiger partial charge in [-0.15, -0.1) is 10.2 Å². The van der Waals surface area contributed by atoms with Crippen molar-refractivity contribution in [2.24, 2.45) is 10.9 Å². The molecule has 3 rings (SSSR count). The van der Waals surface area contributed by atoms with Gasteiger partial charge in [0.15, 0.2) is 0 Å². The van der Waals surface area contributed by atoms with Crippen LogP contribution in [0.3, 0.4) is 0 Å². The monoisotopic (exact) mass is 471 g/mol. The zero-order valence-corrected chi connectivity index (χ0v) is 17.5. The van der Waals surface area contributed by atoms with Crippen LogP contribution in [-0.2, 0) is 20.0 Å². The molecule has 1 heterocycles. The van der Waals surface area contributed by atoms with Gasteiger partial charge < -0.3 is 17.2 Å². The van der Waals surface area contributed by atoms with Crippen molar-refractivity contribution in [2.75, 3.05) is 16.2 Å². The van der Waals surface area contributed by atoms with Gasteiger partial charge in [-0.3, -0.25) is 9.52 Å². The number of nitrogens with two attached hydrogens (primary N) is 4. The Bertz CT molecular complexity index is 1260. The average Bonchev–Trinajstić information content (AvgIpc) is 3.11. The molecule has 9 N–H and O–H groups in total. The molecular formula is C15H17N7O5S3. The lowest BCUT2D eigenvalue weighted by molar-refractivity contribution is 0.100. The second-order valence-corrected chi connectivity index (χ2v) is 9.94. The number of nitrogen functional groups attached to an aromatic ring is 2. The highest BCUT2D eigenvalue weighted by molar-refractivity contribution is 7.93. The van der Waals surface area contributed by atoms with E-state index in [1.165, 1.54) is 24.3 Å². The number of para-hydroxylation sites is 1. The summed E-state index contributed by atoms with van der Waals surface area (Å²) in [5, 5.41) is 11.3. The first-order chi connectivity index (χ1) is 13.9. The van der Waals surface area contributed by atoms with Crippen LogP contribution >= 0.6 is 11.3 Å². The van der Waals surface area contributed by atoms with Crippen LogP contribution in [0.2, 0.25) is 0 Å². The summed E-state index contributed by atoms with van der Waals surface area (Å²) in [5.74, 6) is -0.488. The molecule has 0 radical (unpaired) electrons. The molecule has 0 atom stereocenters. The van der Waals surface area contributed by atoms with Crippen molar-refractivity contribution in [3.8, 4) is 0 Å². The van der Waals surface area contributed by atoms with Gasteiger partial charge in [-0.1, -0.05) is 23.5 Å². The van der Waals surface area contributed by atoms with Crippen LogP contribution in [-0.4, -0.2) is 32.9 Å². The van der Waals surface area contributed by atoms with Gasteiger partial charge in [0.2, 0.25) is 9.47 Å². The van der Waals surface area contributed by atoms with Gasteiger partial charge in [0, 0.05) is 11.4 Å². The number of primary sulfonamides is 1. The standard InChI is InChI=1S/C8H9N5O4S3.C7H8N2O/c9-5-1-3-6(4-2-5)20(16,17)13-7-11-12-8(18-7)19(10,14)15;8-6-4-2-1-3-5(6)7(9)10/h1-4H,9H2,(H,11,13)(H2,10,14,15);1-4H,8H2,(H2,9,10). The van der Waals surface area contributed by atoms with Crippen molar-refractivity contribution in [3.05, 3.63) is 54.1 Å². The number of primary amides is 1. The van der Waals surface area contributed by atoms with Gasteiger partial charge in [0.05, 0.1) is 10.5 Å². The fourth-order valence-electron chi connectivity index (χ4n) is 1.91. The first kappa shape index (κ1) is 23.0. The normalized spacial score (nSPS) is 11.2. The minimum absolute atomic E-state index is 0.0425. The average molecular weight is 472 g/mol. The molecule has 0 unspecified atom stereocenters.